The number of fused-ring (bicyclic) bond motifs is 1. The van der Waals surface area contributed by atoms with Crippen LogP contribution in [0.5, 0.6) is 0 Å². The van der Waals surface area contributed by atoms with E-state index >= 15 is 0 Å². The molecule has 0 spiro atoms. The summed E-state index contributed by atoms with van der Waals surface area (Å²) in [6.45, 7) is 1.51. The first kappa shape index (κ1) is 15.9. The van der Waals surface area contributed by atoms with Gasteiger partial charge in [0.25, 0.3) is 5.91 Å². The van der Waals surface area contributed by atoms with Crippen LogP contribution in [-0.4, -0.2) is 52.6 Å². The van der Waals surface area contributed by atoms with Crippen molar-refractivity contribution in [3.05, 3.63) is 42.1 Å². The van der Waals surface area contributed by atoms with Crippen LogP contribution in [0.2, 0.25) is 0 Å². The molecule has 0 radical (unpaired) electrons. The summed E-state index contributed by atoms with van der Waals surface area (Å²) in [4.78, 5) is 19.8. The molecule has 2 fully saturated rings. The molecular formula is C19H22N2O2S. The summed E-state index contributed by atoms with van der Waals surface area (Å²) in [6, 6.07) is 12.1. The van der Waals surface area contributed by atoms with Crippen molar-refractivity contribution in [1.82, 2.24) is 9.88 Å². The quantitative estimate of drug-likeness (QED) is 0.854. The number of pyridine rings is 1. The Labute approximate surface area is 146 Å². The van der Waals surface area contributed by atoms with Gasteiger partial charge in [-0.2, -0.15) is 11.8 Å². The van der Waals surface area contributed by atoms with Crippen LogP contribution in [0.1, 0.15) is 29.8 Å². The lowest BCUT2D eigenvalue weighted by atomic mass is 10.1. The Kier molecular flexibility index (Phi) is 4.72. The predicted molar refractivity (Wildman–Crippen MR) is 97.5 cm³/mol. The van der Waals surface area contributed by atoms with Crippen LogP contribution in [0.15, 0.2) is 36.4 Å². The highest BCUT2D eigenvalue weighted by Gasteiger charge is 2.31. The van der Waals surface area contributed by atoms with Gasteiger partial charge < -0.3 is 9.64 Å². The van der Waals surface area contributed by atoms with Crippen molar-refractivity contribution in [1.29, 1.82) is 0 Å². The summed E-state index contributed by atoms with van der Waals surface area (Å²) in [5, 5.41) is 1.07. The van der Waals surface area contributed by atoms with Crippen LogP contribution in [0, 0.1) is 0 Å². The molecule has 4 nitrogen and oxygen atoms in total. The van der Waals surface area contributed by atoms with Crippen molar-refractivity contribution in [2.24, 2.45) is 0 Å². The molecule has 2 atom stereocenters. The highest BCUT2D eigenvalue weighted by Crippen LogP contribution is 2.26. The normalized spacial score (nSPS) is 23.7. The third-order valence-corrected chi connectivity index (χ3v) is 5.99. The van der Waals surface area contributed by atoms with Gasteiger partial charge in [-0.25, -0.2) is 4.98 Å². The number of ether oxygens (including phenoxy) is 1. The second-order valence-electron chi connectivity index (χ2n) is 6.50. The molecule has 1 amide bonds. The van der Waals surface area contributed by atoms with Gasteiger partial charge in [-0.3, -0.25) is 4.79 Å². The Morgan fingerprint density at radius 2 is 2.17 bits per heavy atom. The van der Waals surface area contributed by atoms with Gasteiger partial charge in [0.05, 0.1) is 11.6 Å². The zero-order chi connectivity index (χ0) is 16.4. The summed E-state index contributed by atoms with van der Waals surface area (Å²) in [5.74, 6) is 2.20. The number of amides is 1. The molecule has 2 aliphatic heterocycles. The molecule has 0 aliphatic carbocycles. The number of hydrogen-bond donors (Lipinski definition) is 0. The first-order valence-electron chi connectivity index (χ1n) is 8.67. The molecule has 0 N–H and O–H groups in total. The number of thioether (sulfide) groups is 1. The number of hydrogen-bond acceptors (Lipinski definition) is 4. The van der Waals surface area contributed by atoms with Gasteiger partial charge in [0, 0.05) is 30.3 Å². The summed E-state index contributed by atoms with van der Waals surface area (Å²) in [7, 11) is 0. The summed E-state index contributed by atoms with van der Waals surface area (Å²) >= 11 is 1.93. The number of aromatic nitrogens is 1. The van der Waals surface area contributed by atoms with Gasteiger partial charge in [0.2, 0.25) is 0 Å². The van der Waals surface area contributed by atoms with E-state index in [1.165, 1.54) is 0 Å². The first-order chi connectivity index (χ1) is 11.8. The zero-order valence-corrected chi connectivity index (χ0v) is 14.5. The van der Waals surface area contributed by atoms with E-state index in [1.807, 2.05) is 53.1 Å². The minimum atomic E-state index is 0.0451. The van der Waals surface area contributed by atoms with E-state index in [9.17, 15) is 4.79 Å². The Hall–Kier alpha value is -1.59. The van der Waals surface area contributed by atoms with Crippen LogP contribution < -0.4 is 0 Å². The molecule has 1 aromatic heterocycles. The Balaban J connectivity index is 1.60. The van der Waals surface area contributed by atoms with Crippen LogP contribution >= 0.6 is 11.8 Å². The second-order valence-corrected chi connectivity index (χ2v) is 7.65. The Morgan fingerprint density at radius 3 is 2.96 bits per heavy atom. The van der Waals surface area contributed by atoms with E-state index in [0.29, 0.717) is 18.3 Å². The van der Waals surface area contributed by atoms with Crippen molar-refractivity contribution in [2.75, 3.05) is 24.7 Å². The molecule has 24 heavy (non-hydrogen) atoms. The summed E-state index contributed by atoms with van der Waals surface area (Å²) in [6.07, 6.45) is 3.39. The number of carbonyl (C=O) groups is 1. The maximum Gasteiger partial charge on any atom is 0.272 e. The van der Waals surface area contributed by atoms with E-state index in [4.69, 9.17) is 4.74 Å². The van der Waals surface area contributed by atoms with E-state index in [2.05, 4.69) is 4.98 Å². The third kappa shape index (κ3) is 3.28. The maximum atomic E-state index is 13.2. The van der Waals surface area contributed by atoms with Crippen molar-refractivity contribution < 1.29 is 9.53 Å². The number of carbonyl (C=O) groups excluding carboxylic acids is 1. The largest absolute Gasteiger partial charge is 0.376 e. The predicted octanol–water partition coefficient (Wildman–Crippen LogP) is 3.36. The molecule has 2 aliphatic rings. The zero-order valence-electron chi connectivity index (χ0n) is 13.7. The monoisotopic (exact) mass is 342 g/mol. The highest BCUT2D eigenvalue weighted by molar-refractivity contribution is 7.99. The van der Waals surface area contributed by atoms with Crippen LogP contribution in [0.3, 0.4) is 0 Å². The van der Waals surface area contributed by atoms with Crippen molar-refractivity contribution >= 4 is 28.6 Å². The van der Waals surface area contributed by atoms with Crippen molar-refractivity contribution in [3.63, 3.8) is 0 Å². The SMILES string of the molecule is O=C(c1ccc2ccccc2n1)N(C[C@H]1CCCO1)[C@H]1CCSC1. The topological polar surface area (TPSA) is 42.4 Å². The molecule has 126 valence electrons. The third-order valence-electron chi connectivity index (χ3n) is 4.85. The fourth-order valence-electron chi connectivity index (χ4n) is 3.51. The molecule has 5 heteroatoms. The average molecular weight is 342 g/mol. The molecule has 2 saturated heterocycles. The Bertz CT molecular complexity index is 724. The fourth-order valence-corrected chi connectivity index (χ4v) is 4.73. The minimum absolute atomic E-state index is 0.0451. The number of nitrogens with zero attached hydrogens (tertiary/aromatic N) is 2. The maximum absolute atomic E-state index is 13.2. The molecule has 3 heterocycles. The van der Waals surface area contributed by atoms with Gasteiger partial charge in [-0.05, 0) is 37.1 Å². The first-order valence-corrected chi connectivity index (χ1v) is 9.83. The van der Waals surface area contributed by atoms with Gasteiger partial charge in [-0.1, -0.05) is 24.3 Å². The standard InChI is InChI=1S/C19H22N2O2S/c22-19(18-8-7-14-4-1-2-6-17(14)20-18)21(15-9-11-24-13-15)12-16-5-3-10-23-16/h1-2,4,6-8,15-16H,3,5,9-13H2/t15-,16+/m0/s1. The van der Waals surface area contributed by atoms with E-state index in [0.717, 1.165) is 48.3 Å². The van der Waals surface area contributed by atoms with Gasteiger partial charge >= 0.3 is 0 Å². The lowest BCUT2D eigenvalue weighted by Crippen LogP contribution is -2.45. The van der Waals surface area contributed by atoms with Gasteiger partial charge in [-0.15, -0.1) is 0 Å². The molecule has 0 unspecified atom stereocenters. The van der Waals surface area contributed by atoms with Gasteiger partial charge in [0.1, 0.15) is 5.69 Å². The van der Waals surface area contributed by atoms with E-state index in [1.54, 1.807) is 0 Å². The van der Waals surface area contributed by atoms with Crippen molar-refractivity contribution in [2.45, 2.75) is 31.4 Å². The smallest absolute Gasteiger partial charge is 0.272 e. The summed E-state index contributed by atoms with van der Waals surface area (Å²) < 4.78 is 5.78. The molecule has 1 aromatic carbocycles. The van der Waals surface area contributed by atoms with Crippen molar-refractivity contribution in [3.8, 4) is 0 Å². The second kappa shape index (κ2) is 7.11. The number of rotatable bonds is 4. The molecular weight excluding hydrogens is 320 g/mol. The average Bonchev–Trinajstić information content (AvgIpc) is 3.32. The van der Waals surface area contributed by atoms with Gasteiger partial charge in [0.15, 0.2) is 0 Å². The lowest BCUT2D eigenvalue weighted by molar-refractivity contribution is 0.0437. The molecule has 2 aromatic rings. The number of para-hydroxylation sites is 1. The molecule has 0 saturated carbocycles. The van der Waals surface area contributed by atoms with Crippen LogP contribution in [0.4, 0.5) is 0 Å². The Morgan fingerprint density at radius 1 is 1.25 bits per heavy atom. The lowest BCUT2D eigenvalue weighted by Gasteiger charge is -2.30. The highest BCUT2D eigenvalue weighted by atomic mass is 32.2. The number of benzene rings is 1. The van der Waals surface area contributed by atoms with Crippen LogP contribution in [0.25, 0.3) is 10.9 Å². The summed E-state index contributed by atoms with van der Waals surface area (Å²) in [5.41, 5.74) is 1.42. The fraction of sp³-hybridized carbons (Fsp3) is 0.474. The molecule has 0 bridgehead atoms. The van der Waals surface area contributed by atoms with E-state index in [-0.39, 0.29) is 12.0 Å². The minimum Gasteiger partial charge on any atom is -0.376 e. The van der Waals surface area contributed by atoms with Crippen LogP contribution in [-0.2, 0) is 4.74 Å². The molecule has 4 rings (SSSR count). The van der Waals surface area contributed by atoms with E-state index < -0.39 is 0 Å².